The Morgan fingerprint density at radius 1 is 1.10 bits per heavy atom. The predicted molar refractivity (Wildman–Crippen MR) is 106 cm³/mol. The van der Waals surface area contributed by atoms with E-state index in [0.29, 0.717) is 23.7 Å². The smallest absolute Gasteiger partial charge is 0.345 e. The van der Waals surface area contributed by atoms with Gasteiger partial charge in [0.2, 0.25) is 10.0 Å². The molecule has 0 saturated heterocycles. The Morgan fingerprint density at radius 3 is 2.38 bits per heavy atom. The Hall–Kier alpha value is -2.98. The highest BCUT2D eigenvalue weighted by molar-refractivity contribution is 7.89. The van der Waals surface area contributed by atoms with Crippen LogP contribution in [0.2, 0.25) is 0 Å². The van der Waals surface area contributed by atoms with Crippen LogP contribution in [0.25, 0.3) is 11.4 Å². The summed E-state index contributed by atoms with van der Waals surface area (Å²) in [6, 6.07) is 11.7. The maximum atomic E-state index is 13.1. The molecule has 0 fully saturated rings. The third-order valence-electron chi connectivity index (χ3n) is 4.20. The fourth-order valence-corrected chi connectivity index (χ4v) is 3.76. The molecule has 0 bridgehead atoms. The van der Waals surface area contributed by atoms with Gasteiger partial charge in [0.15, 0.2) is 5.82 Å². The summed E-state index contributed by atoms with van der Waals surface area (Å²) in [7, 11) is -2.18. The maximum Gasteiger partial charge on any atom is 0.345 e. The summed E-state index contributed by atoms with van der Waals surface area (Å²) in [5.74, 6) is 0.561. The third kappa shape index (κ3) is 4.72. The van der Waals surface area contributed by atoms with Crippen molar-refractivity contribution in [3.63, 3.8) is 0 Å². The monoisotopic (exact) mass is 420 g/mol. The summed E-state index contributed by atoms with van der Waals surface area (Å²) in [6.07, 6.45) is 0. The highest BCUT2D eigenvalue weighted by Crippen LogP contribution is 2.16. The van der Waals surface area contributed by atoms with E-state index in [1.54, 1.807) is 19.2 Å². The molecule has 0 radical (unpaired) electrons. The summed E-state index contributed by atoms with van der Waals surface area (Å²) < 4.78 is 48.1. The van der Waals surface area contributed by atoms with Crippen LogP contribution >= 0.6 is 0 Å². The normalized spacial score (nSPS) is 11.6. The van der Waals surface area contributed by atoms with Crippen LogP contribution < -0.4 is 15.1 Å². The average molecular weight is 420 g/mol. The van der Waals surface area contributed by atoms with Crippen LogP contribution in [0.15, 0.2) is 58.2 Å². The van der Waals surface area contributed by atoms with Gasteiger partial charge in [-0.3, -0.25) is 4.57 Å². The highest BCUT2D eigenvalue weighted by Gasteiger charge is 2.16. The van der Waals surface area contributed by atoms with Gasteiger partial charge >= 0.3 is 5.69 Å². The minimum Gasteiger partial charge on any atom is -0.494 e. The Bertz CT molecular complexity index is 1140. The van der Waals surface area contributed by atoms with Crippen LogP contribution in [0.3, 0.4) is 0 Å². The number of nitrogens with zero attached hydrogens (tertiary/aromatic N) is 3. The number of ether oxygens (including phenoxy) is 1. The first kappa shape index (κ1) is 20.7. The molecule has 0 amide bonds. The van der Waals surface area contributed by atoms with E-state index >= 15 is 0 Å². The summed E-state index contributed by atoms with van der Waals surface area (Å²) >= 11 is 0. The Balaban J connectivity index is 1.69. The molecule has 0 saturated carbocycles. The van der Waals surface area contributed by atoms with Crippen LogP contribution in [0, 0.1) is 5.82 Å². The van der Waals surface area contributed by atoms with Crippen molar-refractivity contribution in [2.45, 2.75) is 18.4 Å². The van der Waals surface area contributed by atoms with Gasteiger partial charge in [0.1, 0.15) is 11.6 Å². The molecule has 1 heterocycles. The molecule has 0 atom stereocenters. The van der Waals surface area contributed by atoms with Gasteiger partial charge in [-0.2, -0.15) is 0 Å². The number of benzene rings is 2. The number of hydrogen-bond acceptors (Lipinski definition) is 5. The minimum absolute atomic E-state index is 0.0185. The third-order valence-corrected chi connectivity index (χ3v) is 5.68. The van der Waals surface area contributed by atoms with Gasteiger partial charge in [-0.1, -0.05) is 0 Å². The second-order valence-corrected chi connectivity index (χ2v) is 7.96. The molecule has 154 valence electrons. The first-order valence-corrected chi connectivity index (χ1v) is 10.4. The Kier molecular flexibility index (Phi) is 6.14. The van der Waals surface area contributed by atoms with Crippen molar-refractivity contribution >= 4 is 10.0 Å². The first-order valence-electron chi connectivity index (χ1n) is 8.94. The van der Waals surface area contributed by atoms with Crippen molar-refractivity contribution < 1.29 is 17.5 Å². The maximum absolute atomic E-state index is 13.1. The number of sulfonamides is 1. The molecule has 0 aliphatic rings. The molecule has 1 N–H and O–H groups in total. The fourth-order valence-electron chi connectivity index (χ4n) is 2.73. The molecule has 29 heavy (non-hydrogen) atoms. The van der Waals surface area contributed by atoms with Gasteiger partial charge in [-0.05, 0) is 55.5 Å². The highest BCUT2D eigenvalue weighted by atomic mass is 32.2. The molecule has 1 aromatic heterocycles. The van der Waals surface area contributed by atoms with Crippen molar-refractivity contribution in [3.05, 3.63) is 64.8 Å². The van der Waals surface area contributed by atoms with E-state index in [0.717, 1.165) is 0 Å². The summed E-state index contributed by atoms with van der Waals surface area (Å²) in [4.78, 5) is 12.5. The van der Waals surface area contributed by atoms with Gasteiger partial charge < -0.3 is 4.74 Å². The van der Waals surface area contributed by atoms with Crippen LogP contribution in [-0.2, 0) is 23.6 Å². The van der Waals surface area contributed by atoms with Gasteiger partial charge in [0.25, 0.3) is 0 Å². The molecule has 0 spiro atoms. The zero-order chi connectivity index (χ0) is 21.0. The molecule has 0 unspecified atom stereocenters. The van der Waals surface area contributed by atoms with Crippen LogP contribution in [0.1, 0.15) is 6.92 Å². The average Bonchev–Trinajstić information content (AvgIpc) is 2.98. The number of halogens is 1. The largest absolute Gasteiger partial charge is 0.494 e. The Morgan fingerprint density at radius 2 is 1.76 bits per heavy atom. The topological polar surface area (TPSA) is 95.2 Å². The standard InChI is InChI=1S/C19H21FN4O4S/c1-3-28-16-8-10-17(11-9-16)29(26,27)21-12-13-24-19(25)23(2)18(22-24)14-4-6-15(20)7-5-14/h4-11,21H,3,12-13H2,1-2H3. The second kappa shape index (κ2) is 8.58. The van der Waals surface area contributed by atoms with Crippen molar-refractivity contribution in [3.8, 4) is 17.1 Å². The molecule has 3 rings (SSSR count). The molecule has 8 nitrogen and oxygen atoms in total. The Labute approximate surface area is 167 Å². The van der Waals surface area contributed by atoms with Crippen molar-refractivity contribution in [2.75, 3.05) is 13.2 Å². The van der Waals surface area contributed by atoms with Crippen LogP contribution in [0.4, 0.5) is 4.39 Å². The molecule has 0 aliphatic heterocycles. The lowest BCUT2D eigenvalue weighted by atomic mass is 10.2. The van der Waals surface area contributed by atoms with E-state index < -0.39 is 15.7 Å². The zero-order valence-electron chi connectivity index (χ0n) is 16.0. The lowest BCUT2D eigenvalue weighted by molar-refractivity contribution is 0.340. The van der Waals surface area contributed by atoms with Crippen molar-refractivity contribution in [2.24, 2.45) is 7.05 Å². The second-order valence-electron chi connectivity index (χ2n) is 6.20. The van der Waals surface area contributed by atoms with E-state index in [1.807, 2.05) is 6.92 Å². The SMILES string of the molecule is CCOc1ccc(S(=O)(=O)NCCn2nc(-c3ccc(F)cc3)n(C)c2=O)cc1. The van der Waals surface area contributed by atoms with Crippen molar-refractivity contribution in [1.29, 1.82) is 0 Å². The van der Waals surface area contributed by atoms with E-state index in [4.69, 9.17) is 4.74 Å². The molecule has 2 aromatic carbocycles. The van der Waals surface area contributed by atoms with Gasteiger partial charge in [-0.25, -0.2) is 27.0 Å². The van der Waals surface area contributed by atoms with Crippen LogP contribution in [0.5, 0.6) is 5.75 Å². The molecular weight excluding hydrogens is 399 g/mol. The van der Waals surface area contributed by atoms with E-state index in [1.165, 1.54) is 45.6 Å². The van der Waals surface area contributed by atoms with Crippen molar-refractivity contribution in [1.82, 2.24) is 19.1 Å². The number of aromatic nitrogens is 3. The van der Waals surface area contributed by atoms with E-state index in [-0.39, 0.29) is 23.8 Å². The molecule has 0 aliphatic carbocycles. The summed E-state index contributed by atoms with van der Waals surface area (Å²) in [5, 5.41) is 4.23. The predicted octanol–water partition coefficient (Wildman–Crippen LogP) is 1.77. The minimum atomic E-state index is -3.73. The number of hydrogen-bond donors (Lipinski definition) is 1. The zero-order valence-corrected chi connectivity index (χ0v) is 16.8. The lowest BCUT2D eigenvalue weighted by Crippen LogP contribution is -2.31. The van der Waals surface area contributed by atoms with E-state index in [2.05, 4.69) is 9.82 Å². The van der Waals surface area contributed by atoms with Gasteiger partial charge in [0.05, 0.1) is 18.0 Å². The molecular formula is C19H21FN4O4S. The van der Waals surface area contributed by atoms with E-state index in [9.17, 15) is 17.6 Å². The summed E-state index contributed by atoms with van der Waals surface area (Å²) in [5.41, 5.74) is 0.185. The van der Waals surface area contributed by atoms with Crippen LogP contribution in [-0.4, -0.2) is 35.9 Å². The molecule has 3 aromatic rings. The first-order chi connectivity index (χ1) is 13.8. The van der Waals surface area contributed by atoms with Gasteiger partial charge in [0, 0.05) is 19.2 Å². The summed E-state index contributed by atoms with van der Waals surface area (Å²) in [6.45, 7) is 2.36. The number of nitrogens with one attached hydrogen (secondary N) is 1. The molecule has 10 heteroatoms. The fraction of sp³-hybridized carbons (Fsp3) is 0.263. The number of rotatable bonds is 8. The lowest BCUT2D eigenvalue weighted by Gasteiger charge is -2.08. The quantitative estimate of drug-likeness (QED) is 0.599. The van der Waals surface area contributed by atoms with Gasteiger partial charge in [-0.15, -0.1) is 5.10 Å².